The van der Waals surface area contributed by atoms with Gasteiger partial charge in [0.1, 0.15) is 0 Å². The first-order valence-electron chi connectivity index (χ1n) is 6.47. The van der Waals surface area contributed by atoms with Crippen LogP contribution in [0.1, 0.15) is 41.0 Å². The van der Waals surface area contributed by atoms with E-state index >= 15 is 0 Å². The molecule has 7 nitrogen and oxygen atoms in total. The van der Waals surface area contributed by atoms with Crippen LogP contribution in [-0.4, -0.2) is 39.6 Å². The number of Topliss-reactive ketones (excluding diaryl/α,β-unsaturated/α-hetero) is 1. The van der Waals surface area contributed by atoms with Crippen LogP contribution in [0.4, 0.5) is 4.79 Å². The molecule has 2 N–H and O–H groups in total. The predicted molar refractivity (Wildman–Crippen MR) is 82.7 cm³/mol. The molecule has 0 aromatic carbocycles. The smallest absolute Gasteiger partial charge is 0.369 e. The quantitative estimate of drug-likeness (QED) is 0.335. The van der Waals surface area contributed by atoms with Gasteiger partial charge in [-0.3, -0.25) is 18.7 Å². The Morgan fingerprint density at radius 3 is 2.29 bits per heavy atom. The molecule has 0 fully saturated rings. The van der Waals surface area contributed by atoms with E-state index in [9.17, 15) is 14.4 Å². The molecule has 0 heterocycles. The number of carbonyl (C=O) groups excluding carboxylic acids is 3. The summed E-state index contributed by atoms with van der Waals surface area (Å²) in [6, 6.07) is 0. The molecule has 8 heteroatoms. The molecule has 0 bridgehead atoms. The van der Waals surface area contributed by atoms with E-state index < -0.39 is 16.7 Å². The Labute approximate surface area is 129 Å². The minimum absolute atomic E-state index is 0.0283. The number of ketones is 1. The van der Waals surface area contributed by atoms with Crippen molar-refractivity contribution in [1.29, 1.82) is 0 Å². The van der Waals surface area contributed by atoms with Gasteiger partial charge in [-0.15, -0.1) is 0 Å². The Morgan fingerprint density at radius 1 is 1.33 bits per heavy atom. The fourth-order valence-corrected chi connectivity index (χ4v) is 2.70. The Bertz CT molecular complexity index is 447. The van der Waals surface area contributed by atoms with E-state index in [-0.39, 0.29) is 18.1 Å². The zero-order valence-corrected chi connectivity index (χ0v) is 14.1. The average Bonchev–Trinajstić information content (AvgIpc) is 2.33. The number of carbonyl (C=O) groups is 3. The van der Waals surface area contributed by atoms with Gasteiger partial charge in [-0.2, -0.15) is 0 Å². The molecule has 0 aliphatic carbocycles. The van der Waals surface area contributed by atoms with Crippen LogP contribution in [0.3, 0.4) is 0 Å². The molecule has 0 aliphatic rings. The molecule has 0 unspecified atom stereocenters. The lowest BCUT2D eigenvalue weighted by atomic mass is 9.98. The number of hydrogen-bond donors (Lipinski definition) is 1. The van der Waals surface area contributed by atoms with E-state index in [1.807, 2.05) is 0 Å². The van der Waals surface area contributed by atoms with Crippen LogP contribution in [0.2, 0.25) is 0 Å². The van der Waals surface area contributed by atoms with E-state index in [0.29, 0.717) is 5.71 Å². The van der Waals surface area contributed by atoms with Gasteiger partial charge >= 0.3 is 6.09 Å². The Morgan fingerprint density at radius 2 is 1.86 bits per heavy atom. The topological polar surface area (TPSA) is 102 Å². The first-order chi connectivity index (χ1) is 9.47. The van der Waals surface area contributed by atoms with Crippen LogP contribution in [0, 0.1) is 5.92 Å². The van der Waals surface area contributed by atoms with Gasteiger partial charge in [-0.25, -0.2) is 4.79 Å². The maximum atomic E-state index is 12.0. The summed E-state index contributed by atoms with van der Waals surface area (Å²) in [7, 11) is 1.49. The van der Waals surface area contributed by atoms with Crippen molar-refractivity contribution >= 4 is 35.4 Å². The maximum Gasteiger partial charge on any atom is 0.445 e. The van der Waals surface area contributed by atoms with Gasteiger partial charge in [0.25, 0.3) is 0 Å². The Hall–Kier alpha value is -1.57. The van der Waals surface area contributed by atoms with E-state index in [0.717, 1.165) is 11.9 Å². The summed E-state index contributed by atoms with van der Waals surface area (Å²) in [5.74, 6) is -0.660. The summed E-state index contributed by atoms with van der Waals surface area (Å²) >= 11 is 1.06. The highest BCUT2D eigenvalue weighted by molar-refractivity contribution is 7.99. The standard InChI is InChI=1S/C13H23N3O4S/c1-8(2)11(18)13(4,5)21-16(6)12(19)20-15-9(3)7-10(14)17/h8H,7H2,1-6H3,(H2,14,17)/b15-9+. The molecule has 0 spiro atoms. The molecular weight excluding hydrogens is 294 g/mol. The van der Waals surface area contributed by atoms with E-state index in [2.05, 4.69) is 9.99 Å². The number of amides is 2. The molecule has 120 valence electrons. The van der Waals surface area contributed by atoms with Gasteiger partial charge in [0.15, 0.2) is 5.78 Å². The van der Waals surface area contributed by atoms with Crippen LogP contribution >= 0.6 is 11.9 Å². The zero-order chi connectivity index (χ0) is 16.8. The van der Waals surface area contributed by atoms with Gasteiger partial charge < -0.3 is 5.73 Å². The largest absolute Gasteiger partial charge is 0.445 e. The number of rotatable bonds is 7. The lowest BCUT2D eigenvalue weighted by molar-refractivity contribution is -0.123. The summed E-state index contributed by atoms with van der Waals surface area (Å²) in [5, 5.41) is 3.52. The molecule has 2 amide bonds. The van der Waals surface area contributed by atoms with Crippen LogP contribution in [0.5, 0.6) is 0 Å². The van der Waals surface area contributed by atoms with E-state index in [1.165, 1.54) is 18.3 Å². The van der Waals surface area contributed by atoms with Gasteiger partial charge in [-0.05, 0) is 32.7 Å². The van der Waals surface area contributed by atoms with Gasteiger partial charge in [0, 0.05) is 13.0 Å². The lowest BCUT2D eigenvalue weighted by Gasteiger charge is -2.28. The third-order valence-corrected chi connectivity index (χ3v) is 3.53. The second-order valence-electron chi connectivity index (χ2n) is 5.44. The summed E-state index contributed by atoms with van der Waals surface area (Å²) < 4.78 is 0.440. The first-order valence-corrected chi connectivity index (χ1v) is 7.24. The number of nitrogens with zero attached hydrogens (tertiary/aromatic N) is 2. The van der Waals surface area contributed by atoms with Crippen molar-refractivity contribution in [2.75, 3.05) is 7.05 Å². The lowest BCUT2D eigenvalue weighted by Crippen LogP contribution is -2.36. The maximum absolute atomic E-state index is 12.0. The molecule has 0 radical (unpaired) electrons. The summed E-state index contributed by atoms with van der Waals surface area (Å²) in [5.41, 5.74) is 5.29. The van der Waals surface area contributed by atoms with Gasteiger partial charge in [0.2, 0.25) is 5.91 Å². The fourth-order valence-electron chi connectivity index (χ4n) is 1.58. The van der Waals surface area contributed by atoms with Gasteiger partial charge in [-0.1, -0.05) is 19.0 Å². The zero-order valence-electron chi connectivity index (χ0n) is 13.3. The van der Waals surface area contributed by atoms with Crippen LogP contribution in [0.25, 0.3) is 0 Å². The highest BCUT2D eigenvalue weighted by atomic mass is 32.2. The van der Waals surface area contributed by atoms with Crippen molar-refractivity contribution < 1.29 is 19.2 Å². The highest BCUT2D eigenvalue weighted by Gasteiger charge is 2.33. The minimum Gasteiger partial charge on any atom is -0.369 e. The third kappa shape index (κ3) is 7.12. The molecule has 0 aromatic heterocycles. The summed E-state index contributed by atoms with van der Waals surface area (Å²) in [6.07, 6.45) is -0.810. The second-order valence-corrected chi connectivity index (χ2v) is 7.20. The fraction of sp³-hybridized carbons (Fsp3) is 0.692. The van der Waals surface area contributed by atoms with E-state index in [1.54, 1.807) is 27.7 Å². The number of hydrogen-bond acceptors (Lipinski definition) is 6. The SMILES string of the molecule is C/C(CC(N)=O)=N\OC(=O)N(C)SC(C)(C)C(=O)C(C)C. The average molecular weight is 317 g/mol. The number of nitrogens with two attached hydrogens (primary N) is 1. The van der Waals surface area contributed by atoms with Crippen molar-refractivity contribution in [3.8, 4) is 0 Å². The van der Waals surface area contributed by atoms with Crippen molar-refractivity contribution in [2.24, 2.45) is 16.8 Å². The first kappa shape index (κ1) is 19.4. The van der Waals surface area contributed by atoms with Crippen molar-refractivity contribution in [3.05, 3.63) is 0 Å². The second kappa shape index (κ2) is 8.02. The number of oxime groups is 1. The van der Waals surface area contributed by atoms with Crippen LogP contribution in [-0.2, 0) is 14.4 Å². The molecule has 0 atom stereocenters. The summed E-state index contributed by atoms with van der Waals surface area (Å²) in [6.45, 7) is 8.62. The normalized spacial score (nSPS) is 12.2. The molecular formula is C13H23N3O4S. The molecule has 0 aliphatic heterocycles. The van der Waals surface area contributed by atoms with Gasteiger partial charge in [0.05, 0.1) is 16.9 Å². The van der Waals surface area contributed by atoms with Crippen LogP contribution < -0.4 is 5.73 Å². The predicted octanol–water partition coefficient (Wildman–Crippen LogP) is 1.96. The monoisotopic (exact) mass is 317 g/mol. The van der Waals surface area contributed by atoms with Crippen molar-refractivity contribution in [1.82, 2.24) is 4.31 Å². The molecule has 21 heavy (non-hydrogen) atoms. The van der Waals surface area contributed by atoms with Crippen molar-refractivity contribution in [2.45, 2.75) is 45.8 Å². The number of primary amides is 1. The molecule has 0 saturated heterocycles. The Balaban J connectivity index is 4.59. The highest BCUT2D eigenvalue weighted by Crippen LogP contribution is 2.30. The van der Waals surface area contributed by atoms with Crippen molar-refractivity contribution in [3.63, 3.8) is 0 Å². The Kier molecular flexibility index (Phi) is 7.42. The molecule has 0 rings (SSSR count). The molecule has 0 saturated carbocycles. The third-order valence-electron chi connectivity index (χ3n) is 2.45. The van der Waals surface area contributed by atoms with E-state index in [4.69, 9.17) is 5.73 Å². The molecule has 0 aromatic rings. The summed E-state index contributed by atoms with van der Waals surface area (Å²) in [4.78, 5) is 39.1. The minimum atomic E-state index is -0.756. The van der Waals surface area contributed by atoms with Crippen LogP contribution in [0.15, 0.2) is 5.16 Å².